The van der Waals surface area contributed by atoms with Crippen molar-refractivity contribution in [2.24, 2.45) is 0 Å². The van der Waals surface area contributed by atoms with Crippen LogP contribution in [-0.4, -0.2) is 35.0 Å². The molecular weight excluding hydrogens is 264 g/mol. The van der Waals surface area contributed by atoms with Crippen LogP contribution in [0.5, 0.6) is 0 Å². The highest BCUT2D eigenvalue weighted by Gasteiger charge is 2.29. The van der Waals surface area contributed by atoms with Crippen LogP contribution in [0.4, 0.5) is 5.95 Å². The van der Waals surface area contributed by atoms with Crippen molar-refractivity contribution in [2.75, 3.05) is 18.0 Å². The Hall–Kier alpha value is -1.65. The average molecular weight is 290 g/mol. The van der Waals surface area contributed by atoms with E-state index in [1.165, 1.54) is 19.3 Å². The molecule has 0 aromatic carbocycles. The van der Waals surface area contributed by atoms with E-state index >= 15 is 0 Å². The summed E-state index contributed by atoms with van der Waals surface area (Å²) >= 11 is 0. The zero-order valence-electron chi connectivity index (χ0n) is 12.9. The molecule has 1 atom stereocenters. The van der Waals surface area contributed by atoms with Crippen molar-refractivity contribution in [3.05, 3.63) is 18.5 Å². The molecule has 0 unspecified atom stereocenters. The number of hydrogen-bond donors (Lipinski definition) is 1. The molecule has 1 amide bonds. The topological polar surface area (TPSA) is 58.1 Å². The Bertz CT molecular complexity index is 424. The van der Waals surface area contributed by atoms with E-state index in [0.717, 1.165) is 38.8 Å². The van der Waals surface area contributed by atoms with Crippen LogP contribution in [0.3, 0.4) is 0 Å². The van der Waals surface area contributed by atoms with E-state index in [2.05, 4.69) is 22.2 Å². The predicted molar refractivity (Wildman–Crippen MR) is 84.2 cm³/mol. The largest absolute Gasteiger partial charge is 0.354 e. The third kappa shape index (κ3) is 4.69. The molecule has 5 heteroatoms. The monoisotopic (exact) mass is 290 g/mol. The Morgan fingerprint density at radius 2 is 2.10 bits per heavy atom. The third-order valence-corrected chi connectivity index (χ3v) is 3.94. The number of unbranched alkanes of at least 4 members (excludes halogenated alkanes) is 3. The molecule has 5 nitrogen and oxygen atoms in total. The van der Waals surface area contributed by atoms with Crippen molar-refractivity contribution in [1.29, 1.82) is 0 Å². The van der Waals surface area contributed by atoms with Gasteiger partial charge in [0.2, 0.25) is 11.9 Å². The van der Waals surface area contributed by atoms with Crippen molar-refractivity contribution in [2.45, 2.75) is 57.9 Å². The fourth-order valence-corrected chi connectivity index (χ4v) is 2.76. The van der Waals surface area contributed by atoms with Crippen LogP contribution in [0, 0.1) is 0 Å². The molecule has 1 aromatic rings. The van der Waals surface area contributed by atoms with Gasteiger partial charge in [0, 0.05) is 25.5 Å². The van der Waals surface area contributed by atoms with Gasteiger partial charge in [0.15, 0.2) is 0 Å². The number of rotatable bonds is 7. The molecule has 0 aliphatic carbocycles. The molecule has 1 aliphatic heterocycles. The summed E-state index contributed by atoms with van der Waals surface area (Å²) in [7, 11) is 0. The van der Waals surface area contributed by atoms with Crippen molar-refractivity contribution >= 4 is 11.9 Å². The molecule has 1 fully saturated rings. The molecule has 0 radical (unpaired) electrons. The summed E-state index contributed by atoms with van der Waals surface area (Å²) < 4.78 is 0. The molecule has 2 rings (SSSR count). The maximum Gasteiger partial charge on any atom is 0.242 e. The molecule has 0 bridgehead atoms. The van der Waals surface area contributed by atoms with Gasteiger partial charge in [0.1, 0.15) is 6.04 Å². The normalized spacial score (nSPS) is 18.5. The van der Waals surface area contributed by atoms with E-state index in [4.69, 9.17) is 0 Å². The molecule has 0 saturated carbocycles. The van der Waals surface area contributed by atoms with Gasteiger partial charge in [-0.1, -0.05) is 26.2 Å². The smallest absolute Gasteiger partial charge is 0.242 e. The number of aromatic nitrogens is 2. The Morgan fingerprint density at radius 3 is 2.86 bits per heavy atom. The summed E-state index contributed by atoms with van der Waals surface area (Å²) in [6, 6.07) is 1.68. The lowest BCUT2D eigenvalue weighted by atomic mass is 10.0. The number of amides is 1. The van der Waals surface area contributed by atoms with Gasteiger partial charge >= 0.3 is 0 Å². The number of carbonyl (C=O) groups excluding carboxylic acids is 1. The second-order valence-corrected chi connectivity index (χ2v) is 5.61. The van der Waals surface area contributed by atoms with E-state index in [0.29, 0.717) is 5.95 Å². The zero-order chi connectivity index (χ0) is 14.9. The first-order chi connectivity index (χ1) is 10.3. The lowest BCUT2D eigenvalue weighted by Crippen LogP contribution is -2.50. The van der Waals surface area contributed by atoms with Crippen LogP contribution >= 0.6 is 0 Å². The highest BCUT2D eigenvalue weighted by atomic mass is 16.2. The molecule has 1 saturated heterocycles. The van der Waals surface area contributed by atoms with Gasteiger partial charge in [-0.15, -0.1) is 0 Å². The molecule has 2 heterocycles. The van der Waals surface area contributed by atoms with Crippen molar-refractivity contribution in [3.8, 4) is 0 Å². The van der Waals surface area contributed by atoms with Crippen molar-refractivity contribution in [1.82, 2.24) is 15.3 Å². The summed E-state index contributed by atoms with van der Waals surface area (Å²) in [6.07, 6.45) is 11.3. The van der Waals surface area contributed by atoms with Gasteiger partial charge in [-0.05, 0) is 31.7 Å². The van der Waals surface area contributed by atoms with Crippen LogP contribution in [0.15, 0.2) is 18.5 Å². The Labute approximate surface area is 127 Å². The first-order valence-corrected chi connectivity index (χ1v) is 8.14. The number of piperidine rings is 1. The average Bonchev–Trinajstić information content (AvgIpc) is 2.55. The molecular formula is C16H26N4O. The van der Waals surface area contributed by atoms with Crippen molar-refractivity contribution in [3.63, 3.8) is 0 Å². The van der Waals surface area contributed by atoms with Gasteiger partial charge in [0.25, 0.3) is 0 Å². The predicted octanol–water partition coefficient (Wildman–Crippen LogP) is 2.53. The number of anilines is 1. The summed E-state index contributed by atoms with van der Waals surface area (Å²) in [5.74, 6) is 0.794. The summed E-state index contributed by atoms with van der Waals surface area (Å²) in [5.41, 5.74) is 0. The molecule has 1 aliphatic rings. The van der Waals surface area contributed by atoms with Gasteiger partial charge in [-0.3, -0.25) is 4.79 Å². The van der Waals surface area contributed by atoms with Crippen molar-refractivity contribution < 1.29 is 4.79 Å². The highest BCUT2D eigenvalue weighted by Crippen LogP contribution is 2.21. The maximum atomic E-state index is 12.4. The van der Waals surface area contributed by atoms with E-state index in [-0.39, 0.29) is 11.9 Å². The van der Waals surface area contributed by atoms with E-state index in [1.807, 2.05) is 4.90 Å². The van der Waals surface area contributed by atoms with E-state index in [1.54, 1.807) is 18.5 Å². The zero-order valence-corrected chi connectivity index (χ0v) is 12.9. The maximum absolute atomic E-state index is 12.4. The van der Waals surface area contributed by atoms with E-state index < -0.39 is 0 Å². The van der Waals surface area contributed by atoms with Gasteiger partial charge in [-0.25, -0.2) is 9.97 Å². The first-order valence-electron chi connectivity index (χ1n) is 8.14. The van der Waals surface area contributed by atoms with Gasteiger partial charge in [-0.2, -0.15) is 0 Å². The van der Waals surface area contributed by atoms with Crippen LogP contribution in [0.2, 0.25) is 0 Å². The van der Waals surface area contributed by atoms with Crippen LogP contribution in [-0.2, 0) is 4.79 Å². The fraction of sp³-hybridized carbons (Fsp3) is 0.688. The second-order valence-electron chi connectivity index (χ2n) is 5.61. The Kier molecular flexibility index (Phi) is 6.44. The van der Waals surface area contributed by atoms with Crippen LogP contribution < -0.4 is 10.2 Å². The molecule has 21 heavy (non-hydrogen) atoms. The fourth-order valence-electron chi connectivity index (χ4n) is 2.76. The standard InChI is InChI=1S/C16H26N4O/c1-2-3-4-6-10-17-15(21)14-9-5-7-13-20(14)16-18-11-8-12-19-16/h8,11-12,14H,2-7,9-10,13H2,1H3,(H,17,21)/t14-/m0/s1. The Balaban J connectivity index is 1.88. The molecule has 116 valence electrons. The minimum absolute atomic E-state index is 0.118. The third-order valence-electron chi connectivity index (χ3n) is 3.94. The SMILES string of the molecule is CCCCCCNC(=O)[C@@H]1CCCCN1c1ncccn1. The lowest BCUT2D eigenvalue weighted by Gasteiger charge is -2.34. The van der Waals surface area contributed by atoms with Crippen LogP contribution in [0.1, 0.15) is 51.9 Å². The molecule has 1 N–H and O–H groups in total. The highest BCUT2D eigenvalue weighted by molar-refractivity contribution is 5.84. The summed E-state index contributed by atoms with van der Waals surface area (Å²) in [6.45, 7) is 3.83. The summed E-state index contributed by atoms with van der Waals surface area (Å²) in [4.78, 5) is 23.0. The number of nitrogens with zero attached hydrogens (tertiary/aromatic N) is 3. The Morgan fingerprint density at radius 1 is 1.29 bits per heavy atom. The second kappa shape index (κ2) is 8.60. The van der Waals surface area contributed by atoms with Gasteiger partial charge < -0.3 is 10.2 Å². The first kappa shape index (κ1) is 15.7. The minimum Gasteiger partial charge on any atom is -0.354 e. The summed E-state index contributed by atoms with van der Waals surface area (Å²) in [5, 5.41) is 3.07. The quantitative estimate of drug-likeness (QED) is 0.784. The van der Waals surface area contributed by atoms with Gasteiger partial charge in [0.05, 0.1) is 0 Å². The molecule has 0 spiro atoms. The van der Waals surface area contributed by atoms with E-state index in [9.17, 15) is 4.79 Å². The molecule has 1 aromatic heterocycles. The number of nitrogens with one attached hydrogen (secondary N) is 1. The number of carbonyl (C=O) groups is 1. The lowest BCUT2D eigenvalue weighted by molar-refractivity contribution is -0.122. The van der Waals surface area contributed by atoms with Crippen LogP contribution in [0.25, 0.3) is 0 Å². The minimum atomic E-state index is -0.118. The number of hydrogen-bond acceptors (Lipinski definition) is 4.